The second-order valence-electron chi connectivity index (χ2n) is 4.26. The summed E-state index contributed by atoms with van der Waals surface area (Å²) in [4.78, 5) is 11.9. The molecule has 0 aromatic heterocycles. The molecule has 1 rings (SSSR count). The second-order valence-corrected chi connectivity index (χ2v) is 5.49. The van der Waals surface area contributed by atoms with E-state index in [-0.39, 0.29) is 5.12 Å². The fraction of sp³-hybridized carbons (Fsp3) is 0.462. The van der Waals surface area contributed by atoms with Crippen LogP contribution in [0.2, 0.25) is 0 Å². The third kappa shape index (κ3) is 2.86. The first kappa shape index (κ1) is 13.3. The monoisotopic (exact) mass is 238 g/mol. The molecule has 0 aliphatic rings. The molecule has 2 nitrogen and oxygen atoms in total. The smallest absolute Gasteiger partial charge is 0.197 e. The van der Waals surface area contributed by atoms with E-state index in [1.165, 1.54) is 11.8 Å². The van der Waals surface area contributed by atoms with Gasteiger partial charge in [0, 0.05) is 0 Å². The molecule has 1 aromatic carbocycles. The molecule has 1 atom stereocenters. The highest BCUT2D eigenvalue weighted by molar-refractivity contribution is 8.13. The van der Waals surface area contributed by atoms with Gasteiger partial charge in [-0.2, -0.15) is 0 Å². The highest BCUT2D eigenvalue weighted by Gasteiger charge is 2.36. The van der Waals surface area contributed by atoms with Crippen LogP contribution in [0, 0.1) is 5.41 Å². The molecule has 88 valence electrons. The minimum Gasteiger partial charge on any atom is -0.387 e. The molecule has 1 aromatic rings. The maximum atomic E-state index is 11.9. The Morgan fingerprint density at radius 2 is 1.94 bits per heavy atom. The van der Waals surface area contributed by atoms with Crippen LogP contribution < -0.4 is 0 Å². The van der Waals surface area contributed by atoms with Crippen molar-refractivity contribution in [1.29, 1.82) is 0 Å². The predicted molar refractivity (Wildman–Crippen MR) is 68.3 cm³/mol. The number of rotatable bonds is 4. The van der Waals surface area contributed by atoms with Crippen LogP contribution in [-0.4, -0.2) is 16.0 Å². The number of carbonyl (C=O) groups is 1. The third-order valence-corrected chi connectivity index (χ3v) is 3.68. The van der Waals surface area contributed by atoms with Crippen molar-refractivity contribution in [3.8, 4) is 0 Å². The summed E-state index contributed by atoms with van der Waals surface area (Å²) in [5, 5.41) is 10.2. The van der Waals surface area contributed by atoms with Crippen LogP contribution in [0.5, 0.6) is 0 Å². The fourth-order valence-corrected chi connectivity index (χ4v) is 2.23. The Morgan fingerprint density at radius 1 is 1.38 bits per heavy atom. The van der Waals surface area contributed by atoms with E-state index in [0.717, 1.165) is 11.3 Å². The molecule has 0 aliphatic carbocycles. The molecule has 1 unspecified atom stereocenters. The molecular formula is C13H18O2S. The minimum absolute atomic E-state index is 0.0337. The summed E-state index contributed by atoms with van der Waals surface area (Å²) in [5.74, 6) is 0.740. The Bertz CT molecular complexity index is 346. The van der Waals surface area contributed by atoms with E-state index in [9.17, 15) is 9.90 Å². The molecule has 16 heavy (non-hydrogen) atoms. The van der Waals surface area contributed by atoms with Crippen molar-refractivity contribution in [3.05, 3.63) is 35.9 Å². The summed E-state index contributed by atoms with van der Waals surface area (Å²) in [6.07, 6.45) is -0.750. The van der Waals surface area contributed by atoms with Crippen LogP contribution in [0.4, 0.5) is 0 Å². The first-order valence-corrected chi connectivity index (χ1v) is 6.39. The van der Waals surface area contributed by atoms with Crippen molar-refractivity contribution < 1.29 is 9.90 Å². The number of aliphatic hydroxyl groups excluding tert-OH is 1. The van der Waals surface area contributed by atoms with Crippen LogP contribution in [0.25, 0.3) is 0 Å². The van der Waals surface area contributed by atoms with Gasteiger partial charge in [-0.25, -0.2) is 0 Å². The molecular weight excluding hydrogens is 220 g/mol. The van der Waals surface area contributed by atoms with Gasteiger partial charge in [-0.15, -0.1) is 0 Å². The van der Waals surface area contributed by atoms with Crippen molar-refractivity contribution >= 4 is 16.9 Å². The zero-order valence-electron chi connectivity index (χ0n) is 9.93. The Balaban J connectivity index is 2.87. The number of aliphatic hydroxyl groups is 1. The molecule has 0 bridgehead atoms. The van der Waals surface area contributed by atoms with Gasteiger partial charge in [0.15, 0.2) is 5.12 Å². The zero-order valence-corrected chi connectivity index (χ0v) is 10.8. The SMILES string of the molecule is CCSC(=O)C(C)(C)C(O)c1ccccc1. The Morgan fingerprint density at radius 3 is 2.44 bits per heavy atom. The van der Waals surface area contributed by atoms with Gasteiger partial charge in [0.25, 0.3) is 0 Å². The van der Waals surface area contributed by atoms with Gasteiger partial charge < -0.3 is 5.11 Å². The van der Waals surface area contributed by atoms with Gasteiger partial charge in [-0.1, -0.05) is 49.0 Å². The molecule has 1 N–H and O–H groups in total. The lowest BCUT2D eigenvalue weighted by atomic mass is 9.84. The summed E-state index contributed by atoms with van der Waals surface area (Å²) in [6, 6.07) is 9.32. The topological polar surface area (TPSA) is 37.3 Å². The maximum absolute atomic E-state index is 11.9. The number of carbonyl (C=O) groups excluding carboxylic acids is 1. The van der Waals surface area contributed by atoms with Crippen LogP contribution in [-0.2, 0) is 4.79 Å². The Labute approximate surface area is 101 Å². The molecule has 0 aliphatic heterocycles. The number of hydrogen-bond acceptors (Lipinski definition) is 3. The lowest BCUT2D eigenvalue weighted by Crippen LogP contribution is -2.29. The van der Waals surface area contributed by atoms with Gasteiger partial charge in [-0.3, -0.25) is 4.79 Å². The van der Waals surface area contributed by atoms with E-state index >= 15 is 0 Å². The lowest BCUT2D eigenvalue weighted by Gasteiger charge is -2.28. The number of hydrogen-bond donors (Lipinski definition) is 1. The molecule has 0 saturated carbocycles. The van der Waals surface area contributed by atoms with Gasteiger partial charge in [-0.05, 0) is 25.2 Å². The van der Waals surface area contributed by atoms with Crippen LogP contribution in [0.1, 0.15) is 32.4 Å². The third-order valence-electron chi connectivity index (χ3n) is 2.60. The quantitative estimate of drug-likeness (QED) is 0.876. The largest absolute Gasteiger partial charge is 0.387 e. The minimum atomic E-state index is -0.750. The van der Waals surface area contributed by atoms with Gasteiger partial charge >= 0.3 is 0 Å². The molecule has 0 spiro atoms. The fourth-order valence-electron chi connectivity index (χ4n) is 1.48. The van der Waals surface area contributed by atoms with Crippen LogP contribution in [0.15, 0.2) is 30.3 Å². The first-order valence-electron chi connectivity index (χ1n) is 5.40. The maximum Gasteiger partial charge on any atom is 0.197 e. The zero-order chi connectivity index (χ0) is 12.2. The highest BCUT2D eigenvalue weighted by atomic mass is 32.2. The molecule has 0 fully saturated rings. The molecule has 3 heteroatoms. The van der Waals surface area contributed by atoms with E-state index < -0.39 is 11.5 Å². The first-order chi connectivity index (χ1) is 7.50. The van der Waals surface area contributed by atoms with E-state index in [4.69, 9.17) is 0 Å². The second kappa shape index (κ2) is 5.51. The summed E-state index contributed by atoms with van der Waals surface area (Å²) in [5.41, 5.74) is 0.0414. The normalized spacial score (nSPS) is 13.5. The van der Waals surface area contributed by atoms with E-state index in [1.807, 2.05) is 37.3 Å². The molecule has 0 radical (unpaired) electrons. The van der Waals surface area contributed by atoms with Gasteiger partial charge in [0.05, 0.1) is 11.5 Å². The molecule has 0 heterocycles. The molecule has 0 amide bonds. The van der Waals surface area contributed by atoms with Crippen molar-refractivity contribution in [1.82, 2.24) is 0 Å². The van der Waals surface area contributed by atoms with Gasteiger partial charge in [0.2, 0.25) is 0 Å². The van der Waals surface area contributed by atoms with E-state index in [1.54, 1.807) is 13.8 Å². The van der Waals surface area contributed by atoms with Crippen molar-refractivity contribution in [2.24, 2.45) is 5.41 Å². The lowest BCUT2D eigenvalue weighted by molar-refractivity contribution is -0.123. The number of benzene rings is 1. The summed E-state index contributed by atoms with van der Waals surface area (Å²) >= 11 is 1.26. The summed E-state index contributed by atoms with van der Waals surface area (Å²) in [6.45, 7) is 5.51. The van der Waals surface area contributed by atoms with Crippen LogP contribution in [0.3, 0.4) is 0 Å². The summed E-state index contributed by atoms with van der Waals surface area (Å²) in [7, 11) is 0. The van der Waals surface area contributed by atoms with Crippen molar-refractivity contribution in [3.63, 3.8) is 0 Å². The van der Waals surface area contributed by atoms with Crippen LogP contribution >= 0.6 is 11.8 Å². The summed E-state index contributed by atoms with van der Waals surface area (Å²) < 4.78 is 0. The average Bonchev–Trinajstić information content (AvgIpc) is 2.29. The predicted octanol–water partition coefficient (Wildman–Crippen LogP) is 3.03. The highest BCUT2D eigenvalue weighted by Crippen LogP contribution is 2.37. The Hall–Kier alpha value is -0.800. The van der Waals surface area contributed by atoms with Crippen molar-refractivity contribution in [2.45, 2.75) is 26.9 Å². The average molecular weight is 238 g/mol. The standard InChI is InChI=1S/C13H18O2S/c1-4-16-12(15)13(2,3)11(14)10-8-6-5-7-9-10/h5-9,11,14H,4H2,1-3H3. The van der Waals surface area contributed by atoms with Crippen molar-refractivity contribution in [2.75, 3.05) is 5.75 Å². The van der Waals surface area contributed by atoms with E-state index in [0.29, 0.717) is 0 Å². The Kier molecular flexibility index (Phi) is 4.56. The number of thioether (sulfide) groups is 1. The van der Waals surface area contributed by atoms with Gasteiger partial charge in [0.1, 0.15) is 0 Å². The molecule has 0 saturated heterocycles. The van der Waals surface area contributed by atoms with E-state index in [2.05, 4.69) is 0 Å².